The first kappa shape index (κ1) is 13.4. The molecule has 1 nitrogen and oxygen atoms in total. The molecule has 2 aromatic rings. The largest absolute Gasteiger partial charge is 0.324 e. The first-order valence-corrected chi connectivity index (χ1v) is 6.58. The number of halogens is 2. The molecule has 3 heteroatoms. The van der Waals surface area contributed by atoms with Gasteiger partial charge in [-0.3, -0.25) is 0 Å². The van der Waals surface area contributed by atoms with Crippen molar-refractivity contribution in [2.75, 3.05) is 0 Å². The molecule has 0 radical (unpaired) electrons. The van der Waals surface area contributed by atoms with Gasteiger partial charge in [0.25, 0.3) is 0 Å². The molecule has 0 fully saturated rings. The van der Waals surface area contributed by atoms with Crippen molar-refractivity contribution >= 4 is 23.2 Å². The zero-order valence-electron chi connectivity index (χ0n) is 10.2. The third kappa shape index (κ3) is 3.26. The molecule has 18 heavy (non-hydrogen) atoms. The third-order valence-electron chi connectivity index (χ3n) is 2.99. The summed E-state index contributed by atoms with van der Waals surface area (Å²) in [5.74, 6) is 0. The molecule has 0 saturated carbocycles. The van der Waals surface area contributed by atoms with Crippen LogP contribution in [-0.4, -0.2) is 0 Å². The molecular weight excluding hydrogens is 265 g/mol. The Kier molecular flexibility index (Phi) is 4.28. The van der Waals surface area contributed by atoms with E-state index in [1.165, 1.54) is 0 Å². The van der Waals surface area contributed by atoms with Gasteiger partial charge in [-0.15, -0.1) is 0 Å². The summed E-state index contributed by atoms with van der Waals surface area (Å²) in [5, 5.41) is 1.46. The topological polar surface area (TPSA) is 26.0 Å². The van der Waals surface area contributed by atoms with Crippen molar-refractivity contribution < 1.29 is 0 Å². The lowest BCUT2D eigenvalue weighted by Crippen LogP contribution is -2.14. The summed E-state index contributed by atoms with van der Waals surface area (Å²) in [4.78, 5) is 0. The second-order valence-corrected chi connectivity index (χ2v) is 5.31. The van der Waals surface area contributed by atoms with Crippen LogP contribution in [-0.2, 0) is 6.42 Å². The fourth-order valence-corrected chi connectivity index (χ4v) is 2.43. The highest BCUT2D eigenvalue weighted by atomic mass is 35.5. The van der Waals surface area contributed by atoms with Gasteiger partial charge in [0.1, 0.15) is 0 Å². The van der Waals surface area contributed by atoms with Crippen LogP contribution in [0.1, 0.15) is 22.7 Å². The van der Waals surface area contributed by atoms with Crippen LogP contribution >= 0.6 is 23.2 Å². The number of nitrogens with two attached hydrogens (primary N) is 1. The molecule has 0 aliphatic carbocycles. The Bertz CT molecular complexity index is 552. The van der Waals surface area contributed by atoms with E-state index in [2.05, 4.69) is 0 Å². The van der Waals surface area contributed by atoms with Gasteiger partial charge < -0.3 is 5.73 Å². The van der Waals surface area contributed by atoms with E-state index < -0.39 is 0 Å². The smallest absolute Gasteiger partial charge is 0.0409 e. The highest BCUT2D eigenvalue weighted by molar-refractivity contribution is 6.30. The average Bonchev–Trinajstić information content (AvgIpc) is 2.32. The van der Waals surface area contributed by atoms with Crippen LogP contribution in [0, 0.1) is 6.92 Å². The second kappa shape index (κ2) is 5.75. The Morgan fingerprint density at radius 3 is 2.50 bits per heavy atom. The van der Waals surface area contributed by atoms with Crippen LogP contribution < -0.4 is 5.73 Å². The van der Waals surface area contributed by atoms with Gasteiger partial charge in [0, 0.05) is 16.1 Å². The van der Waals surface area contributed by atoms with E-state index in [1.54, 1.807) is 0 Å². The van der Waals surface area contributed by atoms with Crippen LogP contribution in [0.2, 0.25) is 10.0 Å². The lowest BCUT2D eigenvalue weighted by Gasteiger charge is -2.15. The predicted octanol–water partition coefficient (Wildman–Crippen LogP) is 4.54. The third-order valence-corrected chi connectivity index (χ3v) is 3.46. The van der Waals surface area contributed by atoms with Crippen molar-refractivity contribution in [3.63, 3.8) is 0 Å². The van der Waals surface area contributed by atoms with E-state index in [4.69, 9.17) is 28.9 Å². The van der Waals surface area contributed by atoms with Gasteiger partial charge in [0.15, 0.2) is 0 Å². The van der Waals surface area contributed by atoms with Crippen molar-refractivity contribution in [2.45, 2.75) is 19.4 Å². The van der Waals surface area contributed by atoms with Crippen molar-refractivity contribution in [3.8, 4) is 0 Å². The first-order chi connectivity index (χ1) is 8.56. The molecule has 0 heterocycles. The van der Waals surface area contributed by atoms with Crippen molar-refractivity contribution in [3.05, 3.63) is 69.2 Å². The summed E-state index contributed by atoms with van der Waals surface area (Å²) in [5.41, 5.74) is 9.63. The molecule has 0 amide bonds. The lowest BCUT2D eigenvalue weighted by atomic mass is 9.96. The molecule has 0 bridgehead atoms. The van der Waals surface area contributed by atoms with Crippen LogP contribution in [0.3, 0.4) is 0 Å². The van der Waals surface area contributed by atoms with E-state index in [9.17, 15) is 0 Å². The van der Waals surface area contributed by atoms with E-state index in [0.717, 1.165) is 33.2 Å². The summed E-state index contributed by atoms with van der Waals surface area (Å²) in [6.45, 7) is 2.05. The molecule has 0 saturated heterocycles. The fraction of sp³-hybridized carbons (Fsp3) is 0.200. The monoisotopic (exact) mass is 279 g/mol. The average molecular weight is 280 g/mol. The van der Waals surface area contributed by atoms with E-state index in [-0.39, 0.29) is 6.04 Å². The number of rotatable bonds is 3. The maximum atomic E-state index is 6.25. The standard InChI is InChI=1S/C15H15Cl2N/c1-10-5-6-13(17)9-14(10)15(18)8-11-3-2-4-12(16)7-11/h2-7,9,15H,8,18H2,1H3. The molecule has 2 rings (SSSR count). The second-order valence-electron chi connectivity index (χ2n) is 4.44. The molecule has 1 unspecified atom stereocenters. The maximum Gasteiger partial charge on any atom is 0.0409 e. The van der Waals surface area contributed by atoms with Crippen LogP contribution in [0.25, 0.3) is 0 Å². The molecule has 0 aromatic heterocycles. The van der Waals surface area contributed by atoms with Crippen LogP contribution in [0.5, 0.6) is 0 Å². The normalized spacial score (nSPS) is 12.4. The van der Waals surface area contributed by atoms with Crippen molar-refractivity contribution in [2.24, 2.45) is 5.73 Å². The van der Waals surface area contributed by atoms with Crippen molar-refractivity contribution in [1.82, 2.24) is 0 Å². The summed E-state index contributed by atoms with van der Waals surface area (Å²) < 4.78 is 0. The van der Waals surface area contributed by atoms with E-state index in [0.29, 0.717) is 0 Å². The van der Waals surface area contributed by atoms with E-state index >= 15 is 0 Å². The molecule has 2 N–H and O–H groups in total. The van der Waals surface area contributed by atoms with Gasteiger partial charge in [0.2, 0.25) is 0 Å². The zero-order valence-corrected chi connectivity index (χ0v) is 11.7. The quantitative estimate of drug-likeness (QED) is 0.877. The van der Waals surface area contributed by atoms with Gasteiger partial charge in [-0.25, -0.2) is 0 Å². The summed E-state index contributed by atoms with van der Waals surface area (Å²) in [7, 11) is 0. The zero-order chi connectivity index (χ0) is 13.1. The number of aryl methyl sites for hydroxylation is 1. The highest BCUT2D eigenvalue weighted by Gasteiger charge is 2.10. The highest BCUT2D eigenvalue weighted by Crippen LogP contribution is 2.24. The molecule has 1 atom stereocenters. The predicted molar refractivity (Wildman–Crippen MR) is 78.3 cm³/mol. The number of hydrogen-bond donors (Lipinski definition) is 1. The Labute approximate surface area is 118 Å². The Hall–Kier alpha value is -1.02. The van der Waals surface area contributed by atoms with Crippen LogP contribution in [0.4, 0.5) is 0 Å². The molecular formula is C15H15Cl2N. The molecule has 0 aliphatic heterocycles. The van der Waals surface area contributed by atoms with Gasteiger partial charge in [-0.05, 0) is 54.3 Å². The molecule has 0 aliphatic rings. The number of hydrogen-bond acceptors (Lipinski definition) is 1. The lowest BCUT2D eigenvalue weighted by molar-refractivity contribution is 0.717. The van der Waals surface area contributed by atoms with Crippen LogP contribution in [0.15, 0.2) is 42.5 Å². The minimum Gasteiger partial charge on any atom is -0.324 e. The number of benzene rings is 2. The summed E-state index contributed by atoms with van der Waals surface area (Å²) >= 11 is 12.0. The molecule has 0 spiro atoms. The molecule has 94 valence electrons. The minimum atomic E-state index is -0.0674. The fourth-order valence-electron chi connectivity index (χ4n) is 2.04. The maximum absolute atomic E-state index is 6.25. The van der Waals surface area contributed by atoms with E-state index in [1.807, 2.05) is 49.4 Å². The minimum absolute atomic E-state index is 0.0674. The Morgan fingerprint density at radius 2 is 1.78 bits per heavy atom. The SMILES string of the molecule is Cc1ccc(Cl)cc1C(N)Cc1cccc(Cl)c1. The summed E-state index contributed by atoms with van der Waals surface area (Å²) in [6, 6.07) is 13.5. The van der Waals surface area contributed by atoms with Gasteiger partial charge >= 0.3 is 0 Å². The van der Waals surface area contributed by atoms with Crippen molar-refractivity contribution in [1.29, 1.82) is 0 Å². The van der Waals surface area contributed by atoms with Gasteiger partial charge in [0.05, 0.1) is 0 Å². The van der Waals surface area contributed by atoms with Gasteiger partial charge in [-0.2, -0.15) is 0 Å². The summed E-state index contributed by atoms with van der Waals surface area (Å²) in [6.07, 6.45) is 0.752. The Morgan fingerprint density at radius 1 is 1.06 bits per heavy atom. The first-order valence-electron chi connectivity index (χ1n) is 5.82. The van der Waals surface area contributed by atoms with Gasteiger partial charge in [-0.1, -0.05) is 41.4 Å². The Balaban J connectivity index is 2.21. The molecule has 2 aromatic carbocycles.